The number of amides is 1. The highest BCUT2D eigenvalue weighted by atomic mass is 32.2. The van der Waals surface area contributed by atoms with Gasteiger partial charge >= 0.3 is 5.97 Å². The summed E-state index contributed by atoms with van der Waals surface area (Å²) in [6.07, 6.45) is -0.0596. The predicted octanol–water partition coefficient (Wildman–Crippen LogP) is -0.305. The second kappa shape index (κ2) is 9.10. The number of ether oxygens (including phenoxy) is 1. The maximum absolute atomic E-state index is 12.4. The van der Waals surface area contributed by atoms with Crippen LogP contribution in [0.4, 0.5) is 5.69 Å². The van der Waals surface area contributed by atoms with Crippen LogP contribution in [0.3, 0.4) is 0 Å². The smallest absolute Gasteiger partial charge is 0.338 e. The summed E-state index contributed by atoms with van der Waals surface area (Å²) in [5.41, 5.74) is 1.57. The topological polar surface area (TPSA) is 110 Å². The fraction of sp³-hybridized carbons (Fsp3) is 0.429. The quantitative estimate of drug-likeness (QED) is 0.375. The van der Waals surface area contributed by atoms with Crippen LogP contribution in [-0.2, 0) is 38.6 Å². The lowest BCUT2D eigenvalue weighted by atomic mass is 9.80. The number of hydrogen-bond acceptors (Lipinski definition) is 5. The fourth-order valence-electron chi connectivity index (χ4n) is 2.29. The molecule has 0 aliphatic rings. The first-order chi connectivity index (χ1) is 11.6. The molecule has 1 rings (SSSR count). The van der Waals surface area contributed by atoms with Crippen LogP contribution in [0.2, 0.25) is 0 Å². The van der Waals surface area contributed by atoms with Crippen molar-refractivity contribution in [2.45, 2.75) is 25.9 Å². The van der Waals surface area contributed by atoms with E-state index in [0.717, 1.165) is 0 Å². The van der Waals surface area contributed by atoms with Crippen molar-refractivity contribution in [1.29, 1.82) is 0 Å². The monoisotopic (exact) mass is 359 g/mol. The Bertz CT molecular complexity index is 766. The summed E-state index contributed by atoms with van der Waals surface area (Å²) in [4.78, 5) is 23.8. The van der Waals surface area contributed by atoms with E-state index in [1.54, 1.807) is 6.07 Å². The molecule has 0 unspecified atom stereocenters. The summed E-state index contributed by atoms with van der Waals surface area (Å²) in [6, 6.07) is 1.56. The lowest BCUT2D eigenvalue weighted by Gasteiger charge is -2.20. The Hall–Kier alpha value is -1.74. The van der Waals surface area contributed by atoms with E-state index in [1.165, 1.54) is 6.92 Å². The van der Waals surface area contributed by atoms with Crippen LogP contribution in [0.5, 0.6) is 0 Å². The number of carbonyl (C=O) groups excluding carboxylic acids is 2. The van der Waals surface area contributed by atoms with Crippen molar-refractivity contribution in [2.24, 2.45) is 0 Å². The second-order valence-corrected chi connectivity index (χ2v) is 6.71. The number of benzene rings is 1. The Balaban J connectivity index is 3.35. The van der Waals surface area contributed by atoms with Crippen molar-refractivity contribution in [1.82, 2.24) is 0 Å². The van der Waals surface area contributed by atoms with Gasteiger partial charge in [-0.15, -0.1) is 0 Å². The molecule has 1 aromatic carbocycles. The van der Waals surface area contributed by atoms with Gasteiger partial charge < -0.3 is 10.1 Å². The number of carbonyl (C=O) groups is 2. The average Bonchev–Trinajstić information content (AvgIpc) is 2.52. The first-order valence-corrected chi connectivity index (χ1v) is 8.93. The molecule has 1 amide bonds. The first kappa shape index (κ1) is 21.3. The summed E-state index contributed by atoms with van der Waals surface area (Å²) >= 11 is 0. The third kappa shape index (κ3) is 5.93. The molecule has 0 heterocycles. The van der Waals surface area contributed by atoms with E-state index < -0.39 is 28.4 Å². The normalized spacial score (nSPS) is 11.1. The molecule has 128 valence electrons. The van der Waals surface area contributed by atoms with Crippen molar-refractivity contribution in [3.05, 3.63) is 28.3 Å². The molecule has 7 nitrogen and oxygen atoms in total. The standard InChI is InChI=1S/C14H16B3NO6S/c1-8(19)18-13-10(6-16)4-9(5-15)12(11(13)7-17)14(20)24-2-3-25(21,22)23/h4H,2-3,5-7H2,1H3,(H,18,19)(H,21,22,23). The van der Waals surface area contributed by atoms with E-state index in [2.05, 4.69) is 5.32 Å². The molecule has 0 spiro atoms. The molecule has 0 saturated carbocycles. The third-order valence-electron chi connectivity index (χ3n) is 3.32. The van der Waals surface area contributed by atoms with Gasteiger partial charge in [0, 0.05) is 12.6 Å². The highest BCUT2D eigenvalue weighted by molar-refractivity contribution is 7.85. The molecule has 0 atom stereocenters. The van der Waals surface area contributed by atoms with Crippen LogP contribution in [0.1, 0.15) is 34.0 Å². The molecule has 0 bridgehead atoms. The van der Waals surface area contributed by atoms with Gasteiger partial charge in [-0.05, 0) is 16.7 Å². The minimum absolute atomic E-state index is 0.0247. The zero-order valence-corrected chi connectivity index (χ0v) is 14.6. The lowest BCUT2D eigenvalue weighted by Crippen LogP contribution is -2.20. The predicted molar refractivity (Wildman–Crippen MR) is 95.8 cm³/mol. The van der Waals surface area contributed by atoms with Crippen molar-refractivity contribution < 1.29 is 27.3 Å². The summed E-state index contributed by atoms with van der Waals surface area (Å²) in [6.45, 7) is 0.751. The van der Waals surface area contributed by atoms with Gasteiger partial charge in [-0.1, -0.05) is 25.0 Å². The number of rotatable bonds is 8. The lowest BCUT2D eigenvalue weighted by molar-refractivity contribution is -0.114. The second-order valence-electron chi connectivity index (χ2n) is 5.14. The molecule has 6 radical (unpaired) electrons. The van der Waals surface area contributed by atoms with Crippen LogP contribution >= 0.6 is 0 Å². The Morgan fingerprint density at radius 2 is 1.76 bits per heavy atom. The van der Waals surface area contributed by atoms with E-state index >= 15 is 0 Å². The van der Waals surface area contributed by atoms with E-state index in [9.17, 15) is 18.0 Å². The molecule has 0 aromatic heterocycles. The number of nitrogens with one attached hydrogen (secondary N) is 1. The van der Waals surface area contributed by atoms with Crippen LogP contribution < -0.4 is 5.32 Å². The van der Waals surface area contributed by atoms with Gasteiger partial charge in [-0.25, -0.2) is 4.79 Å². The van der Waals surface area contributed by atoms with Crippen molar-refractivity contribution in [3.63, 3.8) is 0 Å². The highest BCUT2D eigenvalue weighted by Gasteiger charge is 2.22. The molecule has 0 saturated heterocycles. The van der Waals surface area contributed by atoms with Crippen molar-refractivity contribution in [2.75, 3.05) is 17.7 Å². The summed E-state index contributed by atoms with van der Waals surface area (Å²) in [5.74, 6) is -1.98. The molecule has 2 N–H and O–H groups in total. The van der Waals surface area contributed by atoms with Gasteiger partial charge in [0.15, 0.2) is 0 Å². The molecule has 0 aliphatic carbocycles. The molecule has 11 heteroatoms. The van der Waals surface area contributed by atoms with Gasteiger partial charge in [0.25, 0.3) is 10.1 Å². The van der Waals surface area contributed by atoms with Crippen LogP contribution in [0.25, 0.3) is 0 Å². The third-order valence-corrected chi connectivity index (χ3v) is 4.00. The molecular formula is C14H16B3NO6S. The number of hydrogen-bond donors (Lipinski definition) is 2. The Morgan fingerprint density at radius 3 is 2.20 bits per heavy atom. The molecular weight excluding hydrogens is 343 g/mol. The van der Waals surface area contributed by atoms with Crippen LogP contribution in [0, 0.1) is 0 Å². The zero-order chi connectivity index (χ0) is 19.2. The largest absolute Gasteiger partial charge is 0.461 e. The Labute approximate surface area is 150 Å². The molecule has 0 aliphatic heterocycles. The molecule has 0 fully saturated rings. The maximum atomic E-state index is 12.4. The highest BCUT2D eigenvalue weighted by Crippen LogP contribution is 2.29. The Morgan fingerprint density at radius 1 is 1.16 bits per heavy atom. The first-order valence-electron chi connectivity index (χ1n) is 7.32. The van der Waals surface area contributed by atoms with E-state index in [4.69, 9.17) is 32.8 Å². The number of anilines is 1. The minimum Gasteiger partial charge on any atom is -0.461 e. The average molecular weight is 359 g/mol. The summed E-state index contributed by atoms with van der Waals surface area (Å²) in [7, 11) is 12.8. The SMILES string of the molecule is [B]Cc1cc(C[B])c(C(=O)OCCS(=O)(=O)O)c(C[B])c1NC(C)=O. The Kier molecular flexibility index (Phi) is 7.75. The van der Waals surface area contributed by atoms with Crippen molar-refractivity contribution in [3.8, 4) is 0 Å². The fourth-order valence-corrected chi connectivity index (χ4v) is 2.59. The summed E-state index contributed by atoms with van der Waals surface area (Å²) in [5, 5.41) is 2.59. The van der Waals surface area contributed by atoms with Crippen LogP contribution in [-0.4, -0.2) is 60.7 Å². The zero-order valence-electron chi connectivity index (χ0n) is 13.7. The van der Waals surface area contributed by atoms with Gasteiger partial charge in [0.1, 0.15) is 12.4 Å². The van der Waals surface area contributed by atoms with Crippen LogP contribution in [0.15, 0.2) is 6.07 Å². The van der Waals surface area contributed by atoms with Gasteiger partial charge in [0.05, 0.1) is 29.1 Å². The summed E-state index contributed by atoms with van der Waals surface area (Å²) < 4.78 is 35.0. The van der Waals surface area contributed by atoms with Crippen molar-refractivity contribution >= 4 is 51.2 Å². The van der Waals surface area contributed by atoms with E-state index in [1.807, 2.05) is 0 Å². The minimum atomic E-state index is -4.27. The van der Waals surface area contributed by atoms with Gasteiger partial charge in [-0.2, -0.15) is 8.42 Å². The van der Waals surface area contributed by atoms with Gasteiger partial charge in [-0.3, -0.25) is 9.35 Å². The van der Waals surface area contributed by atoms with E-state index in [0.29, 0.717) is 16.8 Å². The number of esters is 1. The molecule has 25 heavy (non-hydrogen) atoms. The molecule has 1 aromatic rings. The van der Waals surface area contributed by atoms with E-state index in [-0.39, 0.29) is 36.0 Å². The maximum Gasteiger partial charge on any atom is 0.338 e. The van der Waals surface area contributed by atoms with Gasteiger partial charge in [0.2, 0.25) is 5.91 Å².